The van der Waals surface area contributed by atoms with E-state index in [0.717, 1.165) is 38.2 Å². The van der Waals surface area contributed by atoms with Gasteiger partial charge in [0, 0.05) is 19.6 Å². The molecule has 1 saturated heterocycles. The average molecular weight is 247 g/mol. The van der Waals surface area contributed by atoms with Gasteiger partial charge in [-0.2, -0.15) is 0 Å². The van der Waals surface area contributed by atoms with E-state index in [1.807, 2.05) is 17.0 Å². The number of nitrogens with one attached hydrogen (secondary N) is 1. The van der Waals surface area contributed by atoms with Gasteiger partial charge >= 0.3 is 0 Å². The number of nitrogens with zero attached hydrogens (tertiary/aromatic N) is 2. The number of carbonyl (C=O) groups is 1. The van der Waals surface area contributed by atoms with Crippen LogP contribution in [0.15, 0.2) is 18.3 Å². The largest absolute Gasteiger partial charge is 0.384 e. The maximum absolute atomic E-state index is 12.1. The summed E-state index contributed by atoms with van der Waals surface area (Å²) in [6.45, 7) is 6.97. The van der Waals surface area contributed by atoms with Crippen molar-refractivity contribution >= 4 is 11.6 Å². The highest BCUT2D eigenvalue weighted by Gasteiger charge is 2.20. The smallest absolute Gasteiger partial charge is 0.272 e. The predicted octanol–water partition coefficient (Wildman–Crippen LogP) is 2.39. The topological polar surface area (TPSA) is 45.2 Å². The molecule has 0 radical (unpaired) electrons. The zero-order valence-electron chi connectivity index (χ0n) is 11.1. The molecular weight excluding hydrogens is 226 g/mol. The van der Waals surface area contributed by atoms with Gasteiger partial charge in [0.2, 0.25) is 0 Å². The number of hydrogen-bond acceptors (Lipinski definition) is 3. The molecule has 0 aliphatic carbocycles. The zero-order valence-corrected chi connectivity index (χ0v) is 11.1. The molecule has 4 nitrogen and oxygen atoms in total. The quantitative estimate of drug-likeness (QED) is 0.888. The highest BCUT2D eigenvalue weighted by atomic mass is 16.2. The number of likely N-dealkylation sites (tertiary alicyclic amines) is 1. The standard InChI is InChI=1S/C14H21N3O/c1-11(2)9-15-12-5-6-13(16-10-12)14(18)17-7-3-4-8-17/h5-6,10-11,15H,3-4,7-9H2,1-2H3. The van der Waals surface area contributed by atoms with Crippen molar-refractivity contribution in [2.45, 2.75) is 26.7 Å². The summed E-state index contributed by atoms with van der Waals surface area (Å²) in [4.78, 5) is 18.2. The highest BCUT2D eigenvalue weighted by Crippen LogP contribution is 2.13. The van der Waals surface area contributed by atoms with Crippen molar-refractivity contribution in [3.63, 3.8) is 0 Å². The molecule has 1 amide bonds. The zero-order chi connectivity index (χ0) is 13.0. The molecule has 1 fully saturated rings. The molecule has 1 aliphatic rings. The van der Waals surface area contributed by atoms with Crippen molar-refractivity contribution in [2.24, 2.45) is 5.92 Å². The first-order valence-electron chi connectivity index (χ1n) is 6.66. The van der Waals surface area contributed by atoms with Crippen molar-refractivity contribution in [1.82, 2.24) is 9.88 Å². The van der Waals surface area contributed by atoms with Crippen LogP contribution in [0.2, 0.25) is 0 Å². The molecule has 0 unspecified atom stereocenters. The first kappa shape index (κ1) is 12.9. The van der Waals surface area contributed by atoms with Gasteiger partial charge in [0.15, 0.2) is 0 Å². The van der Waals surface area contributed by atoms with Crippen LogP contribution in [0.3, 0.4) is 0 Å². The van der Waals surface area contributed by atoms with Crippen molar-refractivity contribution in [2.75, 3.05) is 25.0 Å². The van der Waals surface area contributed by atoms with Gasteiger partial charge in [-0.25, -0.2) is 4.98 Å². The summed E-state index contributed by atoms with van der Waals surface area (Å²) < 4.78 is 0. The van der Waals surface area contributed by atoms with Gasteiger partial charge in [0.05, 0.1) is 11.9 Å². The molecule has 98 valence electrons. The third-order valence-corrected chi connectivity index (χ3v) is 3.09. The van der Waals surface area contributed by atoms with Crippen molar-refractivity contribution in [3.8, 4) is 0 Å². The Bertz CT molecular complexity index is 394. The Morgan fingerprint density at radius 2 is 2.11 bits per heavy atom. The number of pyridine rings is 1. The monoisotopic (exact) mass is 247 g/mol. The van der Waals surface area contributed by atoms with E-state index in [1.165, 1.54) is 0 Å². The van der Waals surface area contributed by atoms with Crippen LogP contribution in [0.5, 0.6) is 0 Å². The van der Waals surface area contributed by atoms with Crippen LogP contribution in [0.4, 0.5) is 5.69 Å². The number of aromatic nitrogens is 1. The molecule has 0 saturated carbocycles. The number of anilines is 1. The molecule has 1 aliphatic heterocycles. The van der Waals surface area contributed by atoms with Gasteiger partial charge in [0.1, 0.15) is 5.69 Å². The Hall–Kier alpha value is -1.58. The van der Waals surface area contributed by atoms with E-state index in [9.17, 15) is 4.79 Å². The number of hydrogen-bond donors (Lipinski definition) is 1. The fourth-order valence-electron chi connectivity index (χ4n) is 2.03. The Morgan fingerprint density at radius 1 is 1.39 bits per heavy atom. The molecule has 0 aromatic carbocycles. The second-order valence-electron chi connectivity index (χ2n) is 5.21. The van der Waals surface area contributed by atoms with Gasteiger partial charge in [-0.15, -0.1) is 0 Å². The Kier molecular flexibility index (Phi) is 4.18. The van der Waals surface area contributed by atoms with Crippen molar-refractivity contribution in [3.05, 3.63) is 24.0 Å². The van der Waals surface area contributed by atoms with E-state index in [1.54, 1.807) is 6.20 Å². The van der Waals surface area contributed by atoms with Crippen molar-refractivity contribution in [1.29, 1.82) is 0 Å². The van der Waals surface area contributed by atoms with Gasteiger partial charge in [-0.05, 0) is 30.9 Å². The lowest BCUT2D eigenvalue weighted by Crippen LogP contribution is -2.28. The lowest BCUT2D eigenvalue weighted by molar-refractivity contribution is 0.0787. The molecule has 2 rings (SSSR count). The van der Waals surface area contributed by atoms with Crippen LogP contribution in [0.25, 0.3) is 0 Å². The Labute approximate surface area is 108 Å². The summed E-state index contributed by atoms with van der Waals surface area (Å²) in [5.41, 5.74) is 1.52. The summed E-state index contributed by atoms with van der Waals surface area (Å²) in [6.07, 6.45) is 3.96. The summed E-state index contributed by atoms with van der Waals surface area (Å²) in [6, 6.07) is 3.74. The fraction of sp³-hybridized carbons (Fsp3) is 0.571. The van der Waals surface area contributed by atoms with E-state index in [-0.39, 0.29) is 5.91 Å². The normalized spacial score (nSPS) is 15.2. The first-order chi connectivity index (χ1) is 8.66. The molecule has 1 N–H and O–H groups in total. The summed E-state index contributed by atoms with van der Waals surface area (Å²) in [5, 5.41) is 3.29. The lowest BCUT2D eigenvalue weighted by Gasteiger charge is -2.15. The van der Waals surface area contributed by atoms with Gasteiger partial charge < -0.3 is 10.2 Å². The van der Waals surface area contributed by atoms with E-state index >= 15 is 0 Å². The van der Waals surface area contributed by atoms with Crippen LogP contribution >= 0.6 is 0 Å². The second-order valence-corrected chi connectivity index (χ2v) is 5.21. The molecule has 2 heterocycles. The van der Waals surface area contributed by atoms with E-state index in [2.05, 4.69) is 24.1 Å². The maximum Gasteiger partial charge on any atom is 0.272 e. The average Bonchev–Trinajstić information content (AvgIpc) is 2.90. The fourth-order valence-corrected chi connectivity index (χ4v) is 2.03. The summed E-state index contributed by atoms with van der Waals surface area (Å²) in [7, 11) is 0. The minimum Gasteiger partial charge on any atom is -0.384 e. The minimum absolute atomic E-state index is 0.0582. The Balaban J connectivity index is 1.96. The molecule has 1 aromatic rings. The number of amides is 1. The molecule has 4 heteroatoms. The minimum atomic E-state index is 0.0582. The van der Waals surface area contributed by atoms with Crippen LogP contribution in [0, 0.1) is 5.92 Å². The molecule has 0 bridgehead atoms. The Morgan fingerprint density at radius 3 is 2.67 bits per heavy atom. The molecule has 18 heavy (non-hydrogen) atoms. The predicted molar refractivity (Wildman–Crippen MR) is 72.7 cm³/mol. The van der Waals surface area contributed by atoms with Gasteiger partial charge in [-0.1, -0.05) is 13.8 Å². The van der Waals surface area contributed by atoms with Crippen LogP contribution in [-0.4, -0.2) is 35.4 Å². The van der Waals surface area contributed by atoms with E-state index < -0.39 is 0 Å². The molecule has 0 atom stereocenters. The lowest BCUT2D eigenvalue weighted by atomic mass is 10.2. The highest BCUT2D eigenvalue weighted by molar-refractivity contribution is 5.92. The van der Waals surface area contributed by atoms with Crippen LogP contribution in [-0.2, 0) is 0 Å². The molecule has 0 spiro atoms. The van der Waals surface area contributed by atoms with E-state index in [0.29, 0.717) is 11.6 Å². The molecule has 1 aromatic heterocycles. The summed E-state index contributed by atoms with van der Waals surface area (Å²) in [5.74, 6) is 0.652. The third kappa shape index (κ3) is 3.22. The van der Waals surface area contributed by atoms with Crippen LogP contribution in [0.1, 0.15) is 37.2 Å². The SMILES string of the molecule is CC(C)CNc1ccc(C(=O)N2CCCC2)nc1. The first-order valence-corrected chi connectivity index (χ1v) is 6.66. The maximum atomic E-state index is 12.1. The van der Waals surface area contributed by atoms with E-state index in [4.69, 9.17) is 0 Å². The third-order valence-electron chi connectivity index (χ3n) is 3.09. The second kappa shape index (κ2) is 5.85. The van der Waals surface area contributed by atoms with Crippen LogP contribution < -0.4 is 5.32 Å². The number of carbonyl (C=O) groups excluding carboxylic acids is 1. The summed E-state index contributed by atoms with van der Waals surface area (Å²) >= 11 is 0. The number of rotatable bonds is 4. The molecular formula is C14H21N3O. The van der Waals surface area contributed by atoms with Crippen molar-refractivity contribution < 1.29 is 4.79 Å². The van der Waals surface area contributed by atoms with Gasteiger partial charge in [0.25, 0.3) is 5.91 Å². The van der Waals surface area contributed by atoms with Gasteiger partial charge in [-0.3, -0.25) is 4.79 Å².